The molecule has 2 rings (SSSR count). The molecule has 0 atom stereocenters. The fraction of sp³-hybridized carbons (Fsp3) is 0.250. The monoisotopic (exact) mass is 269 g/mol. The molecule has 104 valence electrons. The van der Waals surface area contributed by atoms with Crippen molar-refractivity contribution in [2.75, 3.05) is 13.1 Å². The summed E-state index contributed by atoms with van der Waals surface area (Å²) in [7, 11) is 0. The van der Waals surface area contributed by atoms with E-state index in [9.17, 15) is 4.79 Å². The molecule has 0 spiro atoms. The molecule has 0 bridgehead atoms. The third-order valence-electron chi connectivity index (χ3n) is 3.13. The van der Waals surface area contributed by atoms with Crippen LogP contribution in [0.15, 0.2) is 43.6 Å². The first-order chi connectivity index (χ1) is 9.58. The summed E-state index contributed by atoms with van der Waals surface area (Å²) in [5.74, 6) is -0.0552. The second-order valence-electron chi connectivity index (χ2n) is 4.77. The van der Waals surface area contributed by atoms with E-state index < -0.39 is 0 Å². The molecule has 20 heavy (non-hydrogen) atoms. The number of nitrogens with zero attached hydrogens (tertiary/aromatic N) is 3. The van der Waals surface area contributed by atoms with E-state index in [1.165, 1.54) is 0 Å². The molecule has 0 saturated carbocycles. The van der Waals surface area contributed by atoms with Gasteiger partial charge in [0.15, 0.2) is 0 Å². The highest BCUT2D eigenvalue weighted by Gasteiger charge is 2.21. The lowest BCUT2D eigenvalue weighted by molar-refractivity contribution is 0.0783. The van der Waals surface area contributed by atoms with E-state index in [-0.39, 0.29) is 5.91 Å². The van der Waals surface area contributed by atoms with Gasteiger partial charge < -0.3 is 4.90 Å². The molecule has 2 aromatic heterocycles. The number of pyridine rings is 1. The van der Waals surface area contributed by atoms with Crippen molar-refractivity contribution in [1.29, 1.82) is 0 Å². The Morgan fingerprint density at radius 1 is 1.30 bits per heavy atom. The van der Waals surface area contributed by atoms with Crippen molar-refractivity contribution in [3.05, 3.63) is 60.6 Å². The minimum Gasteiger partial charge on any atom is -0.330 e. The summed E-state index contributed by atoms with van der Waals surface area (Å²) in [6.07, 6.45) is 5.36. The van der Waals surface area contributed by atoms with E-state index in [0.717, 1.165) is 16.9 Å². The van der Waals surface area contributed by atoms with Gasteiger partial charge in [-0.25, -0.2) is 4.98 Å². The molecule has 0 aliphatic heterocycles. The quantitative estimate of drug-likeness (QED) is 0.783. The average Bonchev–Trinajstić information content (AvgIpc) is 2.73. The summed E-state index contributed by atoms with van der Waals surface area (Å²) in [4.78, 5) is 18.8. The first kappa shape index (κ1) is 14.1. The van der Waals surface area contributed by atoms with Crippen molar-refractivity contribution < 1.29 is 4.79 Å². The van der Waals surface area contributed by atoms with Gasteiger partial charge in [-0.1, -0.05) is 18.2 Å². The Balaban J connectivity index is 2.52. The molecule has 2 aromatic rings. The van der Waals surface area contributed by atoms with Gasteiger partial charge in [0.05, 0.1) is 5.69 Å². The standard InChI is InChI=1S/C16H19N3O/c1-5-9-18(10-6-2)16(20)15-13(4)17-14-8-7-12(3)11-19(14)15/h5-8,11H,1-2,9-10H2,3-4H3. The normalized spacial score (nSPS) is 10.5. The maximum atomic E-state index is 12.7. The molecule has 0 aromatic carbocycles. The van der Waals surface area contributed by atoms with Crippen LogP contribution in [0.1, 0.15) is 21.7 Å². The number of carbonyl (C=O) groups is 1. The Bertz CT molecular complexity index is 660. The van der Waals surface area contributed by atoms with Crippen molar-refractivity contribution in [3.63, 3.8) is 0 Å². The van der Waals surface area contributed by atoms with E-state index >= 15 is 0 Å². The number of fused-ring (bicyclic) bond motifs is 1. The minimum atomic E-state index is -0.0552. The van der Waals surface area contributed by atoms with Crippen LogP contribution in [-0.2, 0) is 0 Å². The van der Waals surface area contributed by atoms with Crippen LogP contribution in [0, 0.1) is 13.8 Å². The lowest BCUT2D eigenvalue weighted by atomic mass is 10.2. The number of amides is 1. The van der Waals surface area contributed by atoms with Crippen LogP contribution in [0.5, 0.6) is 0 Å². The van der Waals surface area contributed by atoms with Gasteiger partial charge in [0.25, 0.3) is 5.91 Å². The SMILES string of the molecule is C=CCN(CC=C)C(=O)c1c(C)nc2ccc(C)cn12. The molecule has 2 heterocycles. The molecular weight excluding hydrogens is 250 g/mol. The number of hydrogen-bond acceptors (Lipinski definition) is 2. The predicted molar refractivity (Wildman–Crippen MR) is 81.0 cm³/mol. The van der Waals surface area contributed by atoms with Gasteiger partial charge in [0.1, 0.15) is 11.3 Å². The summed E-state index contributed by atoms with van der Waals surface area (Å²) in [5, 5.41) is 0. The third kappa shape index (κ3) is 2.50. The Labute approximate surface area is 119 Å². The van der Waals surface area contributed by atoms with Crippen LogP contribution >= 0.6 is 0 Å². The van der Waals surface area contributed by atoms with Crippen LogP contribution in [0.4, 0.5) is 0 Å². The highest BCUT2D eigenvalue weighted by molar-refractivity contribution is 5.95. The minimum absolute atomic E-state index is 0.0552. The maximum absolute atomic E-state index is 12.7. The number of rotatable bonds is 5. The smallest absolute Gasteiger partial charge is 0.273 e. The number of aromatic nitrogens is 2. The molecule has 0 radical (unpaired) electrons. The van der Waals surface area contributed by atoms with Crippen molar-refractivity contribution in [1.82, 2.24) is 14.3 Å². The maximum Gasteiger partial charge on any atom is 0.273 e. The van der Waals surface area contributed by atoms with Gasteiger partial charge in [-0.05, 0) is 25.5 Å². The largest absolute Gasteiger partial charge is 0.330 e. The molecule has 0 unspecified atom stereocenters. The Kier molecular flexibility index (Phi) is 4.03. The van der Waals surface area contributed by atoms with E-state index in [0.29, 0.717) is 18.8 Å². The molecule has 1 amide bonds. The zero-order valence-corrected chi connectivity index (χ0v) is 12.0. The van der Waals surface area contributed by atoms with Crippen LogP contribution in [-0.4, -0.2) is 33.3 Å². The lowest BCUT2D eigenvalue weighted by Gasteiger charge is -2.19. The average molecular weight is 269 g/mol. The van der Waals surface area contributed by atoms with E-state index in [4.69, 9.17) is 0 Å². The Morgan fingerprint density at radius 3 is 2.55 bits per heavy atom. The molecule has 0 fully saturated rings. The zero-order chi connectivity index (χ0) is 14.7. The van der Waals surface area contributed by atoms with Gasteiger partial charge >= 0.3 is 0 Å². The first-order valence-electron chi connectivity index (χ1n) is 6.55. The summed E-state index contributed by atoms with van der Waals surface area (Å²) >= 11 is 0. The number of hydrogen-bond donors (Lipinski definition) is 0. The van der Waals surface area contributed by atoms with Crippen LogP contribution < -0.4 is 0 Å². The molecule has 0 aliphatic carbocycles. The Morgan fingerprint density at radius 2 is 1.95 bits per heavy atom. The molecular formula is C16H19N3O. The van der Waals surface area contributed by atoms with Crippen molar-refractivity contribution in [2.45, 2.75) is 13.8 Å². The number of imidazole rings is 1. The van der Waals surface area contributed by atoms with Crippen molar-refractivity contribution >= 4 is 11.6 Å². The number of aryl methyl sites for hydroxylation is 2. The highest BCUT2D eigenvalue weighted by Crippen LogP contribution is 2.15. The molecule has 4 nitrogen and oxygen atoms in total. The second-order valence-corrected chi connectivity index (χ2v) is 4.77. The zero-order valence-electron chi connectivity index (χ0n) is 12.0. The van der Waals surface area contributed by atoms with Crippen molar-refractivity contribution in [3.8, 4) is 0 Å². The first-order valence-corrected chi connectivity index (χ1v) is 6.55. The fourth-order valence-electron chi connectivity index (χ4n) is 2.23. The molecule has 4 heteroatoms. The predicted octanol–water partition coefficient (Wildman–Crippen LogP) is 2.77. The summed E-state index contributed by atoms with van der Waals surface area (Å²) in [5.41, 5.74) is 3.21. The summed E-state index contributed by atoms with van der Waals surface area (Å²) < 4.78 is 1.85. The van der Waals surface area contributed by atoms with Crippen LogP contribution in [0.25, 0.3) is 5.65 Å². The van der Waals surface area contributed by atoms with Crippen molar-refractivity contribution in [2.24, 2.45) is 0 Å². The summed E-state index contributed by atoms with van der Waals surface area (Å²) in [6.45, 7) is 12.2. The fourth-order valence-corrected chi connectivity index (χ4v) is 2.23. The third-order valence-corrected chi connectivity index (χ3v) is 3.13. The second kappa shape index (κ2) is 5.74. The molecule has 0 N–H and O–H groups in total. The van der Waals surface area contributed by atoms with Gasteiger partial charge in [-0.3, -0.25) is 9.20 Å². The molecule has 0 saturated heterocycles. The van der Waals surface area contributed by atoms with Crippen LogP contribution in [0.3, 0.4) is 0 Å². The molecule has 0 aliphatic rings. The van der Waals surface area contributed by atoms with Gasteiger partial charge in [-0.2, -0.15) is 0 Å². The Hall–Kier alpha value is -2.36. The van der Waals surface area contributed by atoms with Gasteiger partial charge in [0, 0.05) is 19.3 Å². The van der Waals surface area contributed by atoms with E-state index in [1.807, 2.05) is 36.6 Å². The van der Waals surface area contributed by atoms with Gasteiger partial charge in [-0.15, -0.1) is 13.2 Å². The van der Waals surface area contributed by atoms with E-state index in [2.05, 4.69) is 18.1 Å². The number of carbonyl (C=O) groups excluding carboxylic acids is 1. The van der Waals surface area contributed by atoms with Crippen LogP contribution in [0.2, 0.25) is 0 Å². The summed E-state index contributed by atoms with van der Waals surface area (Å²) in [6, 6.07) is 3.91. The topological polar surface area (TPSA) is 37.6 Å². The lowest BCUT2D eigenvalue weighted by Crippen LogP contribution is -2.32. The van der Waals surface area contributed by atoms with Gasteiger partial charge in [0.2, 0.25) is 0 Å². The highest BCUT2D eigenvalue weighted by atomic mass is 16.2. The van der Waals surface area contributed by atoms with E-state index in [1.54, 1.807) is 17.1 Å².